The van der Waals surface area contributed by atoms with Crippen molar-refractivity contribution >= 4 is 39.7 Å². The highest BCUT2D eigenvalue weighted by molar-refractivity contribution is 7.58. The van der Waals surface area contributed by atoms with Gasteiger partial charge in [0, 0.05) is 0 Å². The molecule has 8 unspecified atom stereocenters. The fourth-order valence-corrected chi connectivity index (χ4v) is 16.0. The third-order valence-electron chi connectivity index (χ3n) is 13.8. The smallest absolute Gasteiger partial charge is 0.306 e. The standard InChI is InChI=1S/C43H74O8P2/c44-40(45)36-18-1-10-32(28-36)14-5-22-52(23-6-15-33-11-2-19-37(29-33)41(46)47)26-9-27-53(24-7-16-34-12-3-20-38(30-34)42(48)49)25-8-17-35-13-4-21-39(31-35)43(50)51/h32-39H,1-31H2,(H,44,45)(H,46,47)(H,48,49)(H,50,51). The molecule has 8 atom stereocenters. The first-order valence-electron chi connectivity index (χ1n) is 21.9. The Morgan fingerprint density at radius 1 is 0.358 bits per heavy atom. The van der Waals surface area contributed by atoms with Gasteiger partial charge in [-0.3, -0.25) is 19.2 Å². The van der Waals surface area contributed by atoms with Crippen LogP contribution in [0.3, 0.4) is 0 Å². The van der Waals surface area contributed by atoms with Crippen molar-refractivity contribution in [3.63, 3.8) is 0 Å². The number of hydrogen-bond donors (Lipinski definition) is 4. The molecule has 0 bridgehead atoms. The lowest BCUT2D eigenvalue weighted by Gasteiger charge is -2.29. The SMILES string of the molecule is O=C(O)C1CCCC(CCCP(CCCC2CCCC(C(=O)O)C2)CCCP(CCCC2CCCC(C(=O)O)C2)CCCC2CCCC(C(=O)O)C2)C1. The van der Waals surface area contributed by atoms with Crippen LogP contribution in [-0.4, -0.2) is 81.3 Å². The quantitative estimate of drug-likeness (QED) is 0.0707. The predicted molar refractivity (Wildman–Crippen MR) is 217 cm³/mol. The van der Waals surface area contributed by atoms with Gasteiger partial charge in [-0.15, -0.1) is 15.8 Å². The number of carboxylic acids is 4. The van der Waals surface area contributed by atoms with Gasteiger partial charge >= 0.3 is 23.9 Å². The average Bonchev–Trinajstić information content (AvgIpc) is 3.15. The molecule has 0 aromatic rings. The summed E-state index contributed by atoms with van der Waals surface area (Å²) in [6.07, 6.45) is 34.1. The van der Waals surface area contributed by atoms with Crippen molar-refractivity contribution in [3.05, 3.63) is 0 Å². The molecule has 4 aliphatic rings. The molecule has 0 saturated heterocycles. The number of carbonyl (C=O) groups is 4. The molecule has 0 heterocycles. The van der Waals surface area contributed by atoms with Crippen molar-refractivity contribution in [3.8, 4) is 0 Å². The van der Waals surface area contributed by atoms with E-state index in [9.17, 15) is 39.6 Å². The summed E-state index contributed by atoms with van der Waals surface area (Å²) in [7, 11) is -0.189. The zero-order chi connectivity index (χ0) is 38.0. The Balaban J connectivity index is 1.28. The highest BCUT2D eigenvalue weighted by Gasteiger charge is 2.30. The molecule has 0 radical (unpaired) electrons. The molecule has 4 fully saturated rings. The van der Waals surface area contributed by atoms with Crippen molar-refractivity contribution in [1.82, 2.24) is 0 Å². The van der Waals surface area contributed by atoms with Crippen LogP contribution in [0.15, 0.2) is 0 Å². The van der Waals surface area contributed by atoms with Crippen LogP contribution in [0.5, 0.6) is 0 Å². The minimum atomic E-state index is -0.618. The molecule has 4 aliphatic carbocycles. The van der Waals surface area contributed by atoms with Crippen LogP contribution >= 0.6 is 15.8 Å². The van der Waals surface area contributed by atoms with Crippen LogP contribution in [0.2, 0.25) is 0 Å². The van der Waals surface area contributed by atoms with Gasteiger partial charge in [0.2, 0.25) is 0 Å². The zero-order valence-electron chi connectivity index (χ0n) is 32.9. The first-order chi connectivity index (χ1) is 25.6. The maximum atomic E-state index is 11.7. The summed E-state index contributed by atoms with van der Waals surface area (Å²) in [6.45, 7) is 0. The van der Waals surface area contributed by atoms with Crippen molar-refractivity contribution in [2.24, 2.45) is 47.3 Å². The molecular formula is C43H74O8P2. The Morgan fingerprint density at radius 2 is 0.585 bits per heavy atom. The van der Waals surface area contributed by atoms with Gasteiger partial charge in [-0.05, 0) is 144 Å². The lowest BCUT2D eigenvalue weighted by Crippen LogP contribution is -2.23. The highest BCUT2D eigenvalue weighted by atomic mass is 31.1. The Kier molecular flexibility index (Phi) is 20.5. The first kappa shape index (κ1) is 44.5. The maximum absolute atomic E-state index is 11.7. The highest BCUT2D eigenvalue weighted by Crippen LogP contribution is 2.46. The summed E-state index contributed by atoms with van der Waals surface area (Å²) in [5.41, 5.74) is 0. The lowest BCUT2D eigenvalue weighted by atomic mass is 9.79. The second-order valence-electron chi connectivity index (χ2n) is 17.9. The van der Waals surface area contributed by atoms with E-state index in [0.717, 1.165) is 103 Å². The van der Waals surface area contributed by atoms with Gasteiger partial charge in [0.15, 0.2) is 0 Å². The molecule has 4 rings (SSSR count). The van der Waals surface area contributed by atoms with E-state index >= 15 is 0 Å². The average molecular weight is 781 g/mol. The van der Waals surface area contributed by atoms with E-state index in [1.54, 1.807) is 0 Å². The monoisotopic (exact) mass is 780 g/mol. The largest absolute Gasteiger partial charge is 0.481 e. The minimum absolute atomic E-state index is 0.0947. The lowest BCUT2D eigenvalue weighted by molar-refractivity contribution is -0.144. The van der Waals surface area contributed by atoms with Crippen LogP contribution in [-0.2, 0) is 19.2 Å². The number of aliphatic carboxylic acids is 4. The second kappa shape index (κ2) is 24.4. The molecule has 0 amide bonds. The van der Waals surface area contributed by atoms with Crippen molar-refractivity contribution in [2.75, 3.05) is 37.0 Å². The van der Waals surface area contributed by atoms with Crippen LogP contribution in [0.4, 0.5) is 0 Å². The van der Waals surface area contributed by atoms with Gasteiger partial charge in [0.1, 0.15) is 0 Å². The predicted octanol–water partition coefficient (Wildman–Crippen LogP) is 11.0. The van der Waals surface area contributed by atoms with Crippen LogP contribution in [0, 0.1) is 47.3 Å². The van der Waals surface area contributed by atoms with Gasteiger partial charge in [-0.1, -0.05) is 77.0 Å². The van der Waals surface area contributed by atoms with Crippen LogP contribution < -0.4 is 0 Å². The Morgan fingerprint density at radius 3 is 0.811 bits per heavy atom. The van der Waals surface area contributed by atoms with E-state index in [-0.39, 0.29) is 39.5 Å². The van der Waals surface area contributed by atoms with Crippen LogP contribution in [0.25, 0.3) is 0 Å². The molecule has 304 valence electrons. The van der Waals surface area contributed by atoms with E-state index < -0.39 is 23.9 Å². The van der Waals surface area contributed by atoms with E-state index in [2.05, 4.69) is 0 Å². The molecule has 4 saturated carbocycles. The molecule has 0 aromatic heterocycles. The number of rotatable bonds is 24. The van der Waals surface area contributed by atoms with E-state index in [1.165, 1.54) is 94.8 Å². The molecular weight excluding hydrogens is 706 g/mol. The summed E-state index contributed by atoms with van der Waals surface area (Å²) < 4.78 is 0. The van der Waals surface area contributed by atoms with Crippen molar-refractivity contribution in [2.45, 2.75) is 161 Å². The number of hydrogen-bond acceptors (Lipinski definition) is 4. The Labute approximate surface area is 323 Å². The third kappa shape index (κ3) is 16.8. The van der Waals surface area contributed by atoms with E-state index in [0.29, 0.717) is 23.7 Å². The van der Waals surface area contributed by atoms with E-state index in [4.69, 9.17) is 0 Å². The molecule has 10 heteroatoms. The van der Waals surface area contributed by atoms with Gasteiger partial charge < -0.3 is 20.4 Å². The van der Waals surface area contributed by atoms with Gasteiger partial charge in [0.25, 0.3) is 0 Å². The second-order valence-corrected chi connectivity index (χ2v) is 23.2. The fourth-order valence-electron chi connectivity index (χ4n) is 10.7. The Hall–Kier alpha value is -1.26. The van der Waals surface area contributed by atoms with E-state index in [1.807, 2.05) is 0 Å². The van der Waals surface area contributed by atoms with Gasteiger partial charge in [-0.2, -0.15) is 0 Å². The summed E-state index contributed by atoms with van der Waals surface area (Å²) in [5, 5.41) is 38.4. The van der Waals surface area contributed by atoms with Crippen molar-refractivity contribution < 1.29 is 39.6 Å². The molecule has 0 aromatic carbocycles. The first-order valence-corrected chi connectivity index (χ1v) is 25.7. The topological polar surface area (TPSA) is 149 Å². The van der Waals surface area contributed by atoms with Crippen LogP contribution in [0.1, 0.15) is 161 Å². The minimum Gasteiger partial charge on any atom is -0.481 e. The summed E-state index contributed by atoms with van der Waals surface area (Å²) in [6, 6.07) is 0. The van der Waals surface area contributed by atoms with Gasteiger partial charge in [-0.25, -0.2) is 0 Å². The third-order valence-corrected chi connectivity index (χ3v) is 19.5. The molecule has 53 heavy (non-hydrogen) atoms. The fraction of sp³-hybridized carbons (Fsp3) is 0.907. The normalized spacial score (nSPS) is 30.6. The van der Waals surface area contributed by atoms with Gasteiger partial charge in [0.05, 0.1) is 23.7 Å². The summed E-state index contributed by atoms with van der Waals surface area (Å²) >= 11 is 0. The summed E-state index contributed by atoms with van der Waals surface area (Å²) in [5.74, 6) is -0.906. The molecule has 4 N–H and O–H groups in total. The molecule has 8 nitrogen and oxygen atoms in total. The summed E-state index contributed by atoms with van der Waals surface area (Å²) in [4.78, 5) is 46.6. The molecule has 0 spiro atoms. The molecule has 0 aliphatic heterocycles. The van der Waals surface area contributed by atoms with Crippen molar-refractivity contribution in [1.29, 1.82) is 0 Å². The number of carboxylic acid groups (broad SMARTS) is 4. The maximum Gasteiger partial charge on any atom is 0.306 e. The Bertz CT molecular complexity index is 954. The zero-order valence-corrected chi connectivity index (χ0v) is 34.6.